The summed E-state index contributed by atoms with van der Waals surface area (Å²) in [6, 6.07) is 3.87. The lowest BCUT2D eigenvalue weighted by molar-refractivity contribution is 0.0354. The maximum absolute atomic E-state index is 6.29. The van der Waals surface area contributed by atoms with Crippen molar-refractivity contribution >= 4 is 17.4 Å². The molecular formula is C15H25ClN4. The predicted molar refractivity (Wildman–Crippen MR) is 85.4 cm³/mol. The highest BCUT2D eigenvalue weighted by molar-refractivity contribution is 6.31. The molecule has 1 aliphatic heterocycles. The molecule has 1 N–H and O–H groups in total. The first-order chi connectivity index (χ1) is 9.42. The molecule has 0 amide bonds. The maximum Gasteiger partial charge on any atom is 0.126 e. The summed E-state index contributed by atoms with van der Waals surface area (Å²) in [6.45, 7) is 11.5. The van der Waals surface area contributed by atoms with Crippen LogP contribution in [0, 0.1) is 0 Å². The van der Waals surface area contributed by atoms with Crippen LogP contribution in [0.25, 0.3) is 0 Å². The van der Waals surface area contributed by atoms with E-state index in [9.17, 15) is 0 Å². The van der Waals surface area contributed by atoms with Crippen LogP contribution in [-0.4, -0.2) is 53.5 Å². The van der Waals surface area contributed by atoms with Gasteiger partial charge < -0.3 is 5.32 Å². The van der Waals surface area contributed by atoms with E-state index >= 15 is 0 Å². The number of nitrogens with zero attached hydrogens (tertiary/aromatic N) is 3. The van der Waals surface area contributed by atoms with Crippen LogP contribution in [0.15, 0.2) is 12.1 Å². The number of aromatic nitrogens is 1. The number of rotatable bonds is 4. The molecule has 0 spiro atoms. The molecule has 0 aromatic carbocycles. The van der Waals surface area contributed by atoms with Crippen molar-refractivity contribution in [3.05, 3.63) is 22.8 Å². The highest BCUT2D eigenvalue weighted by Gasteiger charge is 2.31. The van der Waals surface area contributed by atoms with E-state index in [2.05, 4.69) is 47.9 Å². The molecule has 1 saturated heterocycles. The Balaban J connectivity index is 2.08. The van der Waals surface area contributed by atoms with Gasteiger partial charge in [0.1, 0.15) is 5.82 Å². The molecule has 0 unspecified atom stereocenters. The summed E-state index contributed by atoms with van der Waals surface area (Å²) in [5.74, 6) is 0.903. The average Bonchev–Trinajstić information content (AvgIpc) is 2.38. The van der Waals surface area contributed by atoms with Gasteiger partial charge in [0.25, 0.3) is 0 Å². The van der Waals surface area contributed by atoms with Gasteiger partial charge in [-0.05, 0) is 40.0 Å². The molecular weight excluding hydrogens is 272 g/mol. The quantitative estimate of drug-likeness (QED) is 0.926. The fourth-order valence-corrected chi connectivity index (χ4v) is 2.73. The zero-order valence-corrected chi connectivity index (χ0v) is 13.7. The highest BCUT2D eigenvalue weighted by atomic mass is 35.5. The summed E-state index contributed by atoms with van der Waals surface area (Å²) in [7, 11) is 2.19. The van der Waals surface area contributed by atoms with E-state index in [4.69, 9.17) is 11.6 Å². The van der Waals surface area contributed by atoms with Gasteiger partial charge in [0.05, 0.1) is 10.7 Å². The van der Waals surface area contributed by atoms with Gasteiger partial charge in [-0.15, -0.1) is 0 Å². The minimum Gasteiger partial charge on any atom is -0.370 e. The van der Waals surface area contributed by atoms with Crippen LogP contribution in [0.5, 0.6) is 0 Å². The Morgan fingerprint density at radius 3 is 2.75 bits per heavy atom. The van der Waals surface area contributed by atoms with Crippen molar-refractivity contribution in [3.63, 3.8) is 0 Å². The Labute approximate surface area is 127 Å². The van der Waals surface area contributed by atoms with Crippen LogP contribution in [0.4, 0.5) is 5.82 Å². The summed E-state index contributed by atoms with van der Waals surface area (Å²) in [5, 5.41) is 3.99. The predicted octanol–water partition coefficient (Wildman–Crippen LogP) is 2.69. The van der Waals surface area contributed by atoms with Crippen LogP contribution in [0.1, 0.15) is 26.5 Å². The van der Waals surface area contributed by atoms with Crippen molar-refractivity contribution in [2.45, 2.75) is 32.9 Å². The van der Waals surface area contributed by atoms with Crippen LogP contribution in [0.3, 0.4) is 0 Å². The Bertz CT molecular complexity index is 461. The summed E-state index contributed by atoms with van der Waals surface area (Å²) in [4.78, 5) is 9.47. The number of piperazine rings is 1. The molecule has 0 saturated carbocycles. The molecule has 1 aliphatic rings. The molecule has 2 rings (SSSR count). The van der Waals surface area contributed by atoms with Gasteiger partial charge in [0.15, 0.2) is 0 Å². The number of likely N-dealkylation sites (N-methyl/N-ethyl adjacent to an activating group) is 1. The Morgan fingerprint density at radius 2 is 2.10 bits per heavy atom. The summed E-state index contributed by atoms with van der Waals surface area (Å²) >= 11 is 6.29. The van der Waals surface area contributed by atoms with Gasteiger partial charge in [-0.25, -0.2) is 4.98 Å². The van der Waals surface area contributed by atoms with Gasteiger partial charge in [0, 0.05) is 38.3 Å². The average molecular weight is 297 g/mol. The van der Waals surface area contributed by atoms with E-state index in [-0.39, 0.29) is 5.54 Å². The molecule has 0 aliphatic carbocycles. The van der Waals surface area contributed by atoms with Crippen LogP contribution >= 0.6 is 11.6 Å². The van der Waals surface area contributed by atoms with Gasteiger partial charge in [-0.2, -0.15) is 0 Å². The van der Waals surface area contributed by atoms with E-state index in [0.29, 0.717) is 0 Å². The number of hydrogen-bond donors (Lipinski definition) is 1. The second-order valence-corrected chi connectivity index (χ2v) is 6.51. The van der Waals surface area contributed by atoms with Crippen molar-refractivity contribution in [1.82, 2.24) is 14.8 Å². The molecule has 1 aromatic heterocycles. The lowest BCUT2D eigenvalue weighted by Gasteiger charge is -2.45. The third-order valence-corrected chi connectivity index (χ3v) is 4.39. The molecule has 1 aromatic rings. The summed E-state index contributed by atoms with van der Waals surface area (Å²) in [5.41, 5.74) is 1.16. The summed E-state index contributed by atoms with van der Waals surface area (Å²) in [6.07, 6.45) is 0. The van der Waals surface area contributed by atoms with E-state index in [0.717, 1.165) is 49.3 Å². The second-order valence-electron chi connectivity index (χ2n) is 6.10. The van der Waals surface area contributed by atoms with Crippen molar-refractivity contribution in [2.24, 2.45) is 0 Å². The number of hydrogen-bond acceptors (Lipinski definition) is 4. The van der Waals surface area contributed by atoms with Crippen molar-refractivity contribution < 1.29 is 0 Å². The molecule has 20 heavy (non-hydrogen) atoms. The SMILES string of the molecule is CCNc1ccc(Cl)c(CN2CCN(C)C(C)(C)C2)n1. The zero-order chi connectivity index (χ0) is 14.8. The zero-order valence-electron chi connectivity index (χ0n) is 12.9. The maximum atomic E-state index is 6.29. The number of halogens is 1. The molecule has 2 heterocycles. The largest absolute Gasteiger partial charge is 0.370 e. The van der Waals surface area contributed by atoms with E-state index < -0.39 is 0 Å². The Hall–Kier alpha value is -0.840. The van der Waals surface area contributed by atoms with Crippen molar-refractivity contribution in [3.8, 4) is 0 Å². The van der Waals surface area contributed by atoms with E-state index in [1.54, 1.807) is 0 Å². The highest BCUT2D eigenvalue weighted by Crippen LogP contribution is 2.23. The molecule has 0 radical (unpaired) electrons. The normalized spacial score (nSPS) is 20.1. The van der Waals surface area contributed by atoms with Gasteiger partial charge >= 0.3 is 0 Å². The first-order valence-corrected chi connectivity index (χ1v) is 7.63. The van der Waals surface area contributed by atoms with Crippen molar-refractivity contribution in [1.29, 1.82) is 0 Å². The van der Waals surface area contributed by atoms with E-state index in [1.165, 1.54) is 0 Å². The smallest absolute Gasteiger partial charge is 0.126 e. The molecule has 0 bridgehead atoms. The number of nitrogens with one attached hydrogen (secondary N) is 1. The number of anilines is 1. The van der Waals surface area contributed by atoms with Gasteiger partial charge in [-0.1, -0.05) is 11.6 Å². The van der Waals surface area contributed by atoms with Gasteiger partial charge in [-0.3, -0.25) is 9.80 Å². The third-order valence-electron chi connectivity index (χ3n) is 4.05. The fraction of sp³-hybridized carbons (Fsp3) is 0.667. The monoisotopic (exact) mass is 296 g/mol. The Morgan fingerprint density at radius 1 is 1.35 bits per heavy atom. The summed E-state index contributed by atoms with van der Waals surface area (Å²) < 4.78 is 0. The third kappa shape index (κ3) is 3.62. The fourth-order valence-electron chi connectivity index (χ4n) is 2.56. The molecule has 112 valence electrons. The molecule has 1 fully saturated rings. The van der Waals surface area contributed by atoms with Crippen molar-refractivity contribution in [2.75, 3.05) is 38.5 Å². The van der Waals surface area contributed by atoms with Crippen LogP contribution < -0.4 is 5.32 Å². The van der Waals surface area contributed by atoms with Crippen LogP contribution in [0.2, 0.25) is 5.02 Å². The molecule has 0 atom stereocenters. The standard InChI is InChI=1S/C15H25ClN4/c1-5-17-14-7-6-12(16)13(18-14)10-20-9-8-19(4)15(2,3)11-20/h6-7H,5,8-11H2,1-4H3,(H,17,18). The topological polar surface area (TPSA) is 31.4 Å². The molecule has 4 nitrogen and oxygen atoms in total. The lowest BCUT2D eigenvalue weighted by atomic mass is 9.99. The molecule has 5 heteroatoms. The van der Waals surface area contributed by atoms with Gasteiger partial charge in [0.2, 0.25) is 0 Å². The lowest BCUT2D eigenvalue weighted by Crippen LogP contribution is -2.57. The minimum atomic E-state index is 0.198. The first-order valence-electron chi connectivity index (χ1n) is 7.25. The first kappa shape index (κ1) is 15.5. The number of pyridine rings is 1. The Kier molecular flexibility index (Phi) is 4.89. The second kappa shape index (κ2) is 6.29. The minimum absolute atomic E-state index is 0.198. The van der Waals surface area contributed by atoms with Crippen LogP contribution in [-0.2, 0) is 6.54 Å². The van der Waals surface area contributed by atoms with E-state index in [1.807, 2.05) is 12.1 Å².